The number of anilines is 1. The first-order valence-corrected chi connectivity index (χ1v) is 13.7. The molecule has 1 aliphatic carbocycles. The number of piperidine rings is 1. The van der Waals surface area contributed by atoms with Gasteiger partial charge >= 0.3 is 0 Å². The standard InChI is InChI=1S/C29H40N6O3/c1-28(11-12-28)25(32-22-9-15-34(16-10-22)27-31-14-8-24(33-27)38-2)23(18-30)26(37)35-17-13-29(19-35,20-36)21-6-4-3-5-7-21/h3-8,14,18,22,26,30,32,36-37H,9-13,15-17,19-20H2,1-2H3/p+1. The number of likely N-dealkylation sites (tertiary alicyclic amines) is 1. The number of nitrogens with one attached hydrogen (secondary N) is 1. The third-order valence-corrected chi connectivity index (χ3v) is 8.86. The molecule has 2 aromatic rings. The average Bonchev–Trinajstić information content (AvgIpc) is 3.56. The molecule has 2 saturated heterocycles. The molecule has 2 unspecified atom stereocenters. The molecule has 2 atom stereocenters. The number of hydrogen-bond donors (Lipinski definition) is 4. The second-order valence-corrected chi connectivity index (χ2v) is 11.4. The predicted octanol–water partition coefficient (Wildman–Crippen LogP) is 1.68. The van der Waals surface area contributed by atoms with Gasteiger partial charge in [0.2, 0.25) is 11.8 Å². The van der Waals surface area contributed by atoms with Crippen LogP contribution in [0.4, 0.5) is 5.95 Å². The van der Waals surface area contributed by atoms with Crippen molar-refractivity contribution in [2.45, 2.75) is 56.7 Å². The molecule has 3 heterocycles. The van der Waals surface area contributed by atoms with Crippen LogP contribution in [0.15, 0.2) is 53.9 Å². The van der Waals surface area contributed by atoms with Crippen molar-refractivity contribution in [3.05, 3.63) is 59.4 Å². The quantitative estimate of drug-likeness (QED) is 0.351. The Morgan fingerprint density at radius 3 is 2.55 bits per heavy atom. The first-order valence-electron chi connectivity index (χ1n) is 13.7. The van der Waals surface area contributed by atoms with E-state index in [1.165, 1.54) is 6.21 Å². The molecule has 5 N–H and O–H groups in total. The van der Waals surface area contributed by atoms with E-state index in [4.69, 9.17) is 10.1 Å². The summed E-state index contributed by atoms with van der Waals surface area (Å²) in [6.07, 6.45) is 7.08. The Balaban J connectivity index is 1.30. The van der Waals surface area contributed by atoms with Gasteiger partial charge in [-0.2, -0.15) is 4.98 Å². The highest BCUT2D eigenvalue weighted by Gasteiger charge is 2.49. The summed E-state index contributed by atoms with van der Waals surface area (Å²) >= 11 is 0. The van der Waals surface area contributed by atoms with Gasteiger partial charge in [-0.1, -0.05) is 37.3 Å². The summed E-state index contributed by atoms with van der Waals surface area (Å²) in [6, 6.07) is 12.2. The van der Waals surface area contributed by atoms with Gasteiger partial charge in [0.15, 0.2) is 0 Å². The van der Waals surface area contributed by atoms with Crippen LogP contribution in [0.1, 0.15) is 44.6 Å². The molecule has 0 radical (unpaired) electrons. The van der Waals surface area contributed by atoms with E-state index in [2.05, 4.69) is 39.2 Å². The summed E-state index contributed by atoms with van der Waals surface area (Å²) in [4.78, 5) is 13.1. The lowest BCUT2D eigenvalue weighted by molar-refractivity contribution is -0.653. The second-order valence-electron chi connectivity index (χ2n) is 11.4. The van der Waals surface area contributed by atoms with Crippen LogP contribution in [0.3, 0.4) is 0 Å². The molecule has 3 aliphatic rings. The average molecular weight is 522 g/mol. The van der Waals surface area contributed by atoms with Crippen molar-refractivity contribution in [3.8, 4) is 5.88 Å². The SMILES string of the molecule is COc1ccnc(N2CCC([NH2+]C(=C(C=N)C(O)N3CCC(CO)(c4ccccc4)C3)C3(C)CC3)CC2)n1. The lowest BCUT2D eigenvalue weighted by atomic mass is 9.80. The van der Waals surface area contributed by atoms with Crippen molar-refractivity contribution >= 4 is 12.2 Å². The van der Waals surface area contributed by atoms with Gasteiger partial charge < -0.3 is 30.6 Å². The van der Waals surface area contributed by atoms with Gasteiger partial charge in [-0.25, -0.2) is 4.98 Å². The van der Waals surface area contributed by atoms with Crippen LogP contribution in [0, 0.1) is 10.8 Å². The van der Waals surface area contributed by atoms with E-state index >= 15 is 0 Å². The van der Waals surface area contributed by atoms with Crippen LogP contribution in [0.25, 0.3) is 0 Å². The Morgan fingerprint density at radius 2 is 1.92 bits per heavy atom. The number of hydrogen-bond acceptors (Lipinski definition) is 8. The molecule has 2 aliphatic heterocycles. The molecular formula is C29H41N6O3+. The van der Waals surface area contributed by atoms with Crippen LogP contribution < -0.4 is 15.0 Å². The van der Waals surface area contributed by atoms with Crippen molar-refractivity contribution in [3.63, 3.8) is 0 Å². The van der Waals surface area contributed by atoms with Crippen LogP contribution in [-0.2, 0) is 5.41 Å². The Labute approximate surface area is 225 Å². The van der Waals surface area contributed by atoms with Gasteiger partial charge in [0.1, 0.15) is 11.9 Å². The summed E-state index contributed by atoms with van der Waals surface area (Å²) < 4.78 is 5.26. The molecule has 1 aromatic heterocycles. The van der Waals surface area contributed by atoms with Crippen LogP contribution in [0.5, 0.6) is 5.88 Å². The Kier molecular flexibility index (Phi) is 7.81. The van der Waals surface area contributed by atoms with Gasteiger partial charge in [-0.15, -0.1) is 0 Å². The zero-order valence-corrected chi connectivity index (χ0v) is 22.5. The largest absolute Gasteiger partial charge is 0.481 e. The van der Waals surface area contributed by atoms with E-state index in [1.807, 2.05) is 23.1 Å². The number of methoxy groups -OCH3 is 1. The summed E-state index contributed by atoms with van der Waals surface area (Å²) in [5, 5.41) is 32.6. The van der Waals surface area contributed by atoms with Crippen molar-refractivity contribution in [1.82, 2.24) is 14.9 Å². The lowest BCUT2D eigenvalue weighted by Crippen LogP contribution is -2.90. The van der Waals surface area contributed by atoms with E-state index < -0.39 is 11.6 Å². The van der Waals surface area contributed by atoms with Crippen molar-refractivity contribution in [2.75, 3.05) is 44.8 Å². The molecule has 5 rings (SSSR count). The number of aliphatic hydroxyl groups excluding tert-OH is 2. The van der Waals surface area contributed by atoms with E-state index in [1.54, 1.807) is 19.4 Å². The number of nitrogens with zero attached hydrogens (tertiary/aromatic N) is 4. The van der Waals surface area contributed by atoms with Gasteiger partial charge in [0.25, 0.3) is 0 Å². The first-order chi connectivity index (χ1) is 18.4. The van der Waals surface area contributed by atoms with E-state index in [-0.39, 0.29) is 12.0 Å². The number of rotatable bonds is 10. The molecule has 9 heteroatoms. The summed E-state index contributed by atoms with van der Waals surface area (Å²) in [6.45, 7) is 5.23. The molecule has 0 spiro atoms. The molecule has 0 amide bonds. The maximum atomic E-state index is 11.6. The molecule has 3 fully saturated rings. The minimum atomic E-state index is -0.862. The minimum absolute atomic E-state index is 0.00806. The number of aromatic nitrogens is 2. The number of allylic oxidation sites excluding steroid dienone is 1. The normalized spacial score (nSPS) is 25.1. The maximum Gasteiger partial charge on any atom is 0.228 e. The number of ether oxygens (including phenoxy) is 1. The summed E-state index contributed by atoms with van der Waals surface area (Å²) in [5.74, 6) is 1.27. The van der Waals surface area contributed by atoms with Gasteiger partial charge in [0, 0.05) is 68.3 Å². The van der Waals surface area contributed by atoms with Crippen molar-refractivity contribution < 1.29 is 20.3 Å². The Bertz CT molecular complexity index is 1150. The van der Waals surface area contributed by atoms with E-state index in [9.17, 15) is 10.2 Å². The predicted molar refractivity (Wildman–Crippen MR) is 146 cm³/mol. The van der Waals surface area contributed by atoms with Crippen molar-refractivity contribution in [1.29, 1.82) is 5.41 Å². The fourth-order valence-electron chi connectivity index (χ4n) is 6.05. The summed E-state index contributed by atoms with van der Waals surface area (Å²) in [7, 11) is 1.61. The molecular weight excluding hydrogens is 480 g/mol. The lowest BCUT2D eigenvalue weighted by Gasteiger charge is -2.33. The zero-order chi connectivity index (χ0) is 26.8. The second kappa shape index (κ2) is 11.1. The van der Waals surface area contributed by atoms with Gasteiger partial charge in [-0.05, 0) is 24.8 Å². The highest BCUT2D eigenvalue weighted by Crippen LogP contribution is 2.50. The fourth-order valence-corrected chi connectivity index (χ4v) is 6.05. The monoisotopic (exact) mass is 521 g/mol. The number of benzene rings is 1. The van der Waals surface area contributed by atoms with Crippen LogP contribution in [0.2, 0.25) is 0 Å². The smallest absolute Gasteiger partial charge is 0.228 e. The number of nitrogens with two attached hydrogens (primary N) is 1. The molecule has 38 heavy (non-hydrogen) atoms. The molecule has 0 bridgehead atoms. The van der Waals surface area contributed by atoms with Gasteiger partial charge in [-0.3, -0.25) is 4.90 Å². The Hall–Kier alpha value is -2.85. The number of quaternary nitrogens is 1. The minimum Gasteiger partial charge on any atom is -0.481 e. The van der Waals surface area contributed by atoms with Crippen LogP contribution in [-0.4, -0.2) is 83.5 Å². The highest BCUT2D eigenvalue weighted by atomic mass is 16.5. The molecule has 204 valence electrons. The van der Waals surface area contributed by atoms with Crippen molar-refractivity contribution in [2.24, 2.45) is 5.41 Å². The fraction of sp³-hybridized carbons (Fsp3) is 0.552. The molecule has 9 nitrogen and oxygen atoms in total. The summed E-state index contributed by atoms with van der Waals surface area (Å²) in [5.41, 5.74) is 2.54. The third kappa shape index (κ3) is 5.33. The van der Waals surface area contributed by atoms with E-state index in [0.717, 1.165) is 56.5 Å². The number of aliphatic hydroxyl groups is 2. The maximum absolute atomic E-state index is 11.6. The third-order valence-electron chi connectivity index (χ3n) is 8.86. The topological polar surface area (TPSA) is 122 Å². The Morgan fingerprint density at radius 1 is 1.18 bits per heavy atom. The molecule has 1 saturated carbocycles. The van der Waals surface area contributed by atoms with Crippen LogP contribution >= 0.6 is 0 Å². The highest BCUT2D eigenvalue weighted by molar-refractivity contribution is 5.78. The zero-order valence-electron chi connectivity index (χ0n) is 22.5. The molecule has 1 aromatic carbocycles. The first kappa shape index (κ1) is 26.7. The van der Waals surface area contributed by atoms with E-state index in [0.29, 0.717) is 36.5 Å². The van der Waals surface area contributed by atoms with Gasteiger partial charge in [0.05, 0.1) is 25.3 Å².